The van der Waals surface area contributed by atoms with Gasteiger partial charge in [-0.1, -0.05) is 36.0 Å². The van der Waals surface area contributed by atoms with Crippen LogP contribution in [0.25, 0.3) is 10.8 Å². The molecule has 2 rings (SSSR count). The molecule has 0 amide bonds. The molecular formula is C14H17N3OS. The highest BCUT2D eigenvalue weighted by Gasteiger charge is 2.12. The number of hydrogen-bond acceptors (Lipinski definition) is 4. The van der Waals surface area contributed by atoms with Gasteiger partial charge in [0.25, 0.3) is 0 Å². The van der Waals surface area contributed by atoms with Gasteiger partial charge >= 0.3 is 0 Å². The number of aromatic hydroxyl groups is 1. The van der Waals surface area contributed by atoms with Crippen LogP contribution < -0.4 is 11.1 Å². The molecular weight excluding hydrogens is 258 g/mol. The minimum absolute atomic E-state index is 0.275. The minimum Gasteiger partial charge on any atom is -0.506 e. The molecule has 100 valence electrons. The Hall–Kier alpha value is -1.72. The predicted molar refractivity (Wildman–Crippen MR) is 81.7 cm³/mol. The van der Waals surface area contributed by atoms with Crippen LogP contribution in [0.3, 0.4) is 0 Å². The molecule has 0 radical (unpaired) electrons. The van der Waals surface area contributed by atoms with Crippen molar-refractivity contribution < 1.29 is 5.11 Å². The fourth-order valence-corrected chi connectivity index (χ4v) is 2.79. The van der Waals surface area contributed by atoms with Gasteiger partial charge in [0.2, 0.25) is 0 Å². The van der Waals surface area contributed by atoms with Crippen LogP contribution in [0.1, 0.15) is 5.56 Å². The fraction of sp³-hybridized carbons (Fsp3) is 0.214. The van der Waals surface area contributed by atoms with Crippen LogP contribution in [-0.2, 0) is 0 Å². The van der Waals surface area contributed by atoms with Crippen LogP contribution in [0.2, 0.25) is 0 Å². The van der Waals surface area contributed by atoms with E-state index in [0.717, 1.165) is 21.2 Å². The van der Waals surface area contributed by atoms with Crippen molar-refractivity contribution in [2.75, 3.05) is 7.05 Å². The normalized spacial score (nSPS) is 13.0. The van der Waals surface area contributed by atoms with Crippen molar-refractivity contribution in [3.05, 3.63) is 35.9 Å². The fourth-order valence-electron chi connectivity index (χ4n) is 1.92. The van der Waals surface area contributed by atoms with Gasteiger partial charge in [-0.2, -0.15) is 0 Å². The molecule has 0 heterocycles. The van der Waals surface area contributed by atoms with Gasteiger partial charge in [-0.15, -0.1) is 0 Å². The molecule has 2 aromatic rings. The summed E-state index contributed by atoms with van der Waals surface area (Å²) in [5.41, 5.74) is 6.67. The molecule has 4 nitrogen and oxygen atoms in total. The predicted octanol–water partition coefficient (Wildman–Crippen LogP) is 2.44. The smallest absolute Gasteiger partial charge is 0.137 e. The molecule has 0 saturated heterocycles. The van der Waals surface area contributed by atoms with E-state index in [2.05, 4.69) is 10.3 Å². The van der Waals surface area contributed by atoms with Gasteiger partial charge in [-0.05, 0) is 23.9 Å². The number of phenols is 1. The number of nitrogens with zero attached hydrogens (tertiary/aromatic N) is 1. The Bertz CT molecular complexity index is 613. The number of aryl methyl sites for hydroxylation is 1. The van der Waals surface area contributed by atoms with Crippen molar-refractivity contribution in [2.24, 2.45) is 10.7 Å². The van der Waals surface area contributed by atoms with Gasteiger partial charge in [-0.25, -0.2) is 0 Å². The third kappa shape index (κ3) is 3.00. The molecule has 0 fully saturated rings. The Morgan fingerprint density at radius 1 is 1.37 bits per heavy atom. The van der Waals surface area contributed by atoms with Crippen LogP contribution in [-0.4, -0.2) is 24.0 Å². The topological polar surface area (TPSA) is 70.6 Å². The number of fused-ring (bicyclic) bond motifs is 1. The summed E-state index contributed by atoms with van der Waals surface area (Å²) in [6.45, 7) is 2.03. The van der Waals surface area contributed by atoms with Gasteiger partial charge in [0.05, 0.1) is 11.2 Å². The number of aliphatic imine (C=N–C) groups is 1. The lowest BCUT2D eigenvalue weighted by Gasteiger charge is -2.14. The van der Waals surface area contributed by atoms with Crippen molar-refractivity contribution in [1.29, 1.82) is 0 Å². The van der Waals surface area contributed by atoms with E-state index in [-0.39, 0.29) is 11.2 Å². The first-order valence-corrected chi connectivity index (χ1v) is 6.81. The summed E-state index contributed by atoms with van der Waals surface area (Å²) < 4.78 is 0. The molecule has 19 heavy (non-hydrogen) atoms. The van der Waals surface area contributed by atoms with E-state index in [4.69, 9.17) is 5.73 Å². The Morgan fingerprint density at radius 3 is 2.74 bits per heavy atom. The second-order valence-corrected chi connectivity index (χ2v) is 5.36. The molecule has 1 atom stereocenters. The first-order valence-electron chi connectivity index (χ1n) is 5.93. The molecule has 0 saturated carbocycles. The lowest BCUT2D eigenvalue weighted by Crippen LogP contribution is -2.32. The van der Waals surface area contributed by atoms with E-state index in [0.29, 0.717) is 0 Å². The highest BCUT2D eigenvalue weighted by Crippen LogP contribution is 2.37. The Balaban J connectivity index is 2.36. The van der Waals surface area contributed by atoms with Gasteiger partial charge in [0.1, 0.15) is 11.2 Å². The lowest BCUT2D eigenvalue weighted by atomic mass is 10.0. The zero-order valence-corrected chi connectivity index (χ0v) is 11.7. The average molecular weight is 275 g/mol. The molecule has 0 bridgehead atoms. The minimum atomic E-state index is -0.352. The lowest BCUT2D eigenvalue weighted by molar-refractivity contribution is 0.469. The van der Waals surface area contributed by atoms with Crippen LogP contribution >= 0.6 is 11.8 Å². The van der Waals surface area contributed by atoms with E-state index in [9.17, 15) is 5.11 Å². The van der Waals surface area contributed by atoms with Crippen molar-refractivity contribution in [3.63, 3.8) is 0 Å². The number of nitrogens with two attached hydrogens (primary N) is 1. The summed E-state index contributed by atoms with van der Waals surface area (Å²) in [7, 11) is 1.67. The van der Waals surface area contributed by atoms with Crippen molar-refractivity contribution in [3.8, 4) is 5.75 Å². The molecule has 0 aliphatic heterocycles. The molecule has 0 aliphatic carbocycles. The molecule has 0 aromatic heterocycles. The van der Waals surface area contributed by atoms with Crippen molar-refractivity contribution in [1.82, 2.24) is 5.32 Å². The average Bonchev–Trinajstić information content (AvgIpc) is 2.42. The van der Waals surface area contributed by atoms with Crippen molar-refractivity contribution in [2.45, 2.75) is 17.3 Å². The third-order valence-electron chi connectivity index (χ3n) is 2.81. The summed E-state index contributed by atoms with van der Waals surface area (Å²) in [5, 5.41) is 15.1. The largest absolute Gasteiger partial charge is 0.506 e. The molecule has 5 heteroatoms. The summed E-state index contributed by atoms with van der Waals surface area (Å²) in [5.74, 6) is 0.275. The number of rotatable bonds is 4. The number of phenolic OH excluding ortho intramolecular Hbond substituents is 1. The highest BCUT2D eigenvalue weighted by atomic mass is 32.2. The third-order valence-corrected chi connectivity index (χ3v) is 3.77. The molecule has 4 N–H and O–H groups in total. The number of nitrogens with one attached hydrogen (secondary N) is 1. The number of hydrogen-bond donors (Lipinski definition) is 3. The summed E-state index contributed by atoms with van der Waals surface area (Å²) in [6.07, 6.45) is 1.54. The van der Waals surface area contributed by atoms with E-state index >= 15 is 0 Å². The molecule has 2 aromatic carbocycles. The first-order chi connectivity index (χ1) is 9.13. The van der Waals surface area contributed by atoms with E-state index in [1.807, 2.05) is 37.3 Å². The van der Waals surface area contributed by atoms with E-state index in [1.165, 1.54) is 11.8 Å². The van der Waals surface area contributed by atoms with Gasteiger partial charge in [-0.3, -0.25) is 4.99 Å². The Kier molecular flexibility index (Phi) is 4.29. The maximum Gasteiger partial charge on any atom is 0.137 e. The van der Waals surface area contributed by atoms with Crippen LogP contribution in [0.15, 0.2) is 40.2 Å². The van der Waals surface area contributed by atoms with E-state index < -0.39 is 0 Å². The summed E-state index contributed by atoms with van der Waals surface area (Å²) in [4.78, 5) is 4.58. The van der Waals surface area contributed by atoms with Crippen LogP contribution in [0, 0.1) is 6.92 Å². The zero-order valence-electron chi connectivity index (χ0n) is 10.9. The van der Waals surface area contributed by atoms with Crippen molar-refractivity contribution >= 4 is 28.9 Å². The van der Waals surface area contributed by atoms with Gasteiger partial charge in [0, 0.05) is 12.4 Å². The van der Waals surface area contributed by atoms with Crippen LogP contribution in [0.4, 0.5) is 0 Å². The van der Waals surface area contributed by atoms with E-state index in [1.54, 1.807) is 13.4 Å². The maximum absolute atomic E-state index is 10.3. The Morgan fingerprint density at radius 2 is 2.05 bits per heavy atom. The van der Waals surface area contributed by atoms with Gasteiger partial charge in [0.15, 0.2) is 0 Å². The second-order valence-electron chi connectivity index (χ2n) is 4.18. The molecule has 0 spiro atoms. The summed E-state index contributed by atoms with van der Waals surface area (Å²) >= 11 is 1.36. The molecule has 1 unspecified atom stereocenters. The zero-order chi connectivity index (χ0) is 13.8. The SMILES string of the molecule is CN=CNC(N)Sc1cc(C)c2ccccc2c1O. The van der Waals surface area contributed by atoms with Gasteiger partial charge < -0.3 is 16.2 Å². The molecule has 0 aliphatic rings. The standard InChI is InChI=1S/C14H17N3OS/c1-9-7-12(19-14(15)17-8-16-2)13(18)11-6-4-3-5-10(9)11/h3-8,14,18H,15H2,1-2H3,(H,16,17). The second kappa shape index (κ2) is 5.95. The Labute approximate surface area is 116 Å². The quantitative estimate of drug-likeness (QED) is 0.347. The number of thioether (sulfide) groups is 1. The maximum atomic E-state index is 10.3. The monoisotopic (exact) mass is 275 g/mol. The van der Waals surface area contributed by atoms with Crippen LogP contribution in [0.5, 0.6) is 5.75 Å². The highest BCUT2D eigenvalue weighted by molar-refractivity contribution is 8.00. The first kappa shape index (κ1) is 13.7. The number of benzene rings is 2. The summed E-state index contributed by atoms with van der Waals surface area (Å²) in [6, 6.07) is 9.74.